The van der Waals surface area contributed by atoms with Gasteiger partial charge < -0.3 is 9.72 Å². The van der Waals surface area contributed by atoms with Crippen LogP contribution in [0.25, 0.3) is 5.65 Å². The lowest BCUT2D eigenvalue weighted by molar-refractivity contribution is -0.121. The molecule has 0 saturated heterocycles. The summed E-state index contributed by atoms with van der Waals surface area (Å²) < 4.78 is 4.03. The van der Waals surface area contributed by atoms with Gasteiger partial charge in [-0.05, 0) is 41.8 Å². The molecule has 0 aliphatic carbocycles. The lowest BCUT2D eigenvalue weighted by atomic mass is 9.91. The molecule has 28 heavy (non-hydrogen) atoms. The SMILES string of the molecule is Cc1ccn2c3c(nc2c1)CNC(=O)C[C@@H]3c1ccc(Cn2cccn2)cc1. The van der Waals surface area contributed by atoms with Gasteiger partial charge in [-0.1, -0.05) is 24.3 Å². The molecule has 0 saturated carbocycles. The largest absolute Gasteiger partial charge is 0.350 e. The molecule has 0 spiro atoms. The molecule has 6 nitrogen and oxygen atoms in total. The summed E-state index contributed by atoms with van der Waals surface area (Å²) in [7, 11) is 0. The number of carbonyl (C=O) groups is 1. The van der Waals surface area contributed by atoms with Gasteiger partial charge in [0.15, 0.2) is 0 Å². The number of nitrogens with one attached hydrogen (secondary N) is 1. The van der Waals surface area contributed by atoms with Crippen LogP contribution in [0.5, 0.6) is 0 Å². The Morgan fingerprint density at radius 2 is 2.04 bits per heavy atom. The van der Waals surface area contributed by atoms with E-state index in [1.165, 1.54) is 11.1 Å². The molecule has 1 atom stereocenters. The van der Waals surface area contributed by atoms with E-state index in [-0.39, 0.29) is 11.8 Å². The van der Waals surface area contributed by atoms with Crippen LogP contribution in [0.3, 0.4) is 0 Å². The Hall–Kier alpha value is -3.41. The molecule has 1 aromatic carbocycles. The Bertz CT molecular complexity index is 1140. The number of carbonyl (C=O) groups excluding carboxylic acids is 1. The maximum absolute atomic E-state index is 12.3. The number of aryl methyl sites for hydroxylation is 1. The quantitative estimate of drug-likeness (QED) is 0.602. The van der Waals surface area contributed by atoms with Crippen molar-refractivity contribution in [3.05, 3.63) is 89.1 Å². The highest BCUT2D eigenvalue weighted by Crippen LogP contribution is 2.33. The van der Waals surface area contributed by atoms with Crippen LogP contribution in [-0.4, -0.2) is 25.1 Å². The fourth-order valence-electron chi connectivity index (χ4n) is 3.96. The molecule has 1 amide bonds. The second-order valence-corrected chi connectivity index (χ2v) is 7.35. The highest BCUT2D eigenvalue weighted by Gasteiger charge is 2.28. The average Bonchev–Trinajstić information content (AvgIpc) is 3.29. The molecule has 6 heteroatoms. The summed E-state index contributed by atoms with van der Waals surface area (Å²) in [5, 5.41) is 7.25. The molecule has 1 aliphatic heterocycles. The fourth-order valence-corrected chi connectivity index (χ4v) is 3.96. The van der Waals surface area contributed by atoms with E-state index in [0.717, 1.165) is 29.1 Å². The minimum atomic E-state index is -0.0195. The van der Waals surface area contributed by atoms with Crippen molar-refractivity contribution in [3.63, 3.8) is 0 Å². The Morgan fingerprint density at radius 3 is 2.82 bits per heavy atom. The van der Waals surface area contributed by atoms with E-state index in [2.05, 4.69) is 64.3 Å². The maximum Gasteiger partial charge on any atom is 0.221 e. The van der Waals surface area contributed by atoms with Gasteiger partial charge in [-0.3, -0.25) is 9.48 Å². The van der Waals surface area contributed by atoms with Gasteiger partial charge in [0.05, 0.1) is 24.5 Å². The Morgan fingerprint density at radius 1 is 1.18 bits per heavy atom. The van der Waals surface area contributed by atoms with E-state index in [1.807, 2.05) is 16.9 Å². The van der Waals surface area contributed by atoms with E-state index in [9.17, 15) is 4.79 Å². The molecule has 0 unspecified atom stereocenters. The van der Waals surface area contributed by atoms with Gasteiger partial charge >= 0.3 is 0 Å². The summed E-state index contributed by atoms with van der Waals surface area (Å²) in [5.41, 5.74) is 6.47. The van der Waals surface area contributed by atoms with Crippen LogP contribution in [0, 0.1) is 6.92 Å². The highest BCUT2D eigenvalue weighted by molar-refractivity contribution is 5.78. The molecule has 4 aromatic rings. The predicted molar refractivity (Wildman–Crippen MR) is 106 cm³/mol. The van der Waals surface area contributed by atoms with Gasteiger partial charge in [0, 0.05) is 30.9 Å². The Labute approximate surface area is 162 Å². The molecule has 1 aliphatic rings. The predicted octanol–water partition coefficient (Wildman–Crippen LogP) is 3.04. The van der Waals surface area contributed by atoms with Crippen LogP contribution in [0.15, 0.2) is 61.1 Å². The van der Waals surface area contributed by atoms with Gasteiger partial charge in [0.1, 0.15) is 5.65 Å². The third kappa shape index (κ3) is 2.97. The first-order chi connectivity index (χ1) is 13.7. The topological polar surface area (TPSA) is 64.2 Å². The van der Waals surface area contributed by atoms with Crippen molar-refractivity contribution < 1.29 is 4.79 Å². The van der Waals surface area contributed by atoms with Crippen molar-refractivity contribution in [3.8, 4) is 0 Å². The smallest absolute Gasteiger partial charge is 0.221 e. The highest BCUT2D eigenvalue weighted by atomic mass is 16.1. The van der Waals surface area contributed by atoms with E-state index < -0.39 is 0 Å². The first kappa shape index (κ1) is 16.7. The van der Waals surface area contributed by atoms with Gasteiger partial charge in [0.2, 0.25) is 5.91 Å². The first-order valence-electron chi connectivity index (χ1n) is 9.48. The van der Waals surface area contributed by atoms with Crippen LogP contribution in [0.2, 0.25) is 0 Å². The zero-order valence-corrected chi connectivity index (χ0v) is 15.7. The van der Waals surface area contributed by atoms with E-state index >= 15 is 0 Å². The lowest BCUT2D eigenvalue weighted by Crippen LogP contribution is -2.21. The van der Waals surface area contributed by atoms with Crippen LogP contribution < -0.4 is 5.32 Å². The summed E-state index contributed by atoms with van der Waals surface area (Å²) in [6, 6.07) is 14.6. The fraction of sp³-hybridized carbons (Fsp3) is 0.227. The van der Waals surface area contributed by atoms with Gasteiger partial charge in [0.25, 0.3) is 0 Å². The van der Waals surface area contributed by atoms with Crippen molar-refractivity contribution in [1.29, 1.82) is 0 Å². The molecule has 5 rings (SSSR count). The minimum absolute atomic E-state index is 0.0195. The van der Waals surface area contributed by atoms with E-state index in [1.54, 1.807) is 6.20 Å². The number of nitrogens with zero attached hydrogens (tertiary/aromatic N) is 4. The number of pyridine rings is 1. The normalized spacial score (nSPS) is 16.6. The number of benzene rings is 1. The third-order valence-corrected chi connectivity index (χ3v) is 5.35. The van der Waals surface area contributed by atoms with Crippen molar-refractivity contribution in [1.82, 2.24) is 24.5 Å². The zero-order valence-electron chi connectivity index (χ0n) is 15.7. The number of hydrogen-bond acceptors (Lipinski definition) is 3. The number of fused-ring (bicyclic) bond motifs is 3. The maximum atomic E-state index is 12.3. The van der Waals surface area contributed by atoms with Crippen molar-refractivity contribution >= 4 is 11.6 Å². The van der Waals surface area contributed by atoms with E-state index in [0.29, 0.717) is 13.0 Å². The summed E-state index contributed by atoms with van der Waals surface area (Å²) in [6.07, 6.45) is 6.22. The second kappa shape index (κ2) is 6.64. The number of amides is 1. The number of hydrogen-bond donors (Lipinski definition) is 1. The van der Waals surface area contributed by atoms with Crippen molar-refractivity contribution in [2.75, 3.05) is 0 Å². The van der Waals surface area contributed by atoms with Crippen molar-refractivity contribution in [2.45, 2.75) is 32.4 Å². The molecule has 3 aromatic heterocycles. The molecular weight excluding hydrogens is 350 g/mol. The molecule has 0 radical (unpaired) electrons. The third-order valence-electron chi connectivity index (χ3n) is 5.35. The van der Waals surface area contributed by atoms with Crippen LogP contribution in [0.4, 0.5) is 0 Å². The van der Waals surface area contributed by atoms with Crippen LogP contribution >= 0.6 is 0 Å². The Kier molecular flexibility index (Phi) is 3.97. The lowest BCUT2D eigenvalue weighted by Gasteiger charge is -2.16. The van der Waals surface area contributed by atoms with Crippen LogP contribution in [0.1, 0.15) is 40.4 Å². The van der Waals surface area contributed by atoms with Crippen LogP contribution in [-0.2, 0) is 17.9 Å². The second-order valence-electron chi connectivity index (χ2n) is 7.35. The molecule has 4 heterocycles. The first-order valence-corrected chi connectivity index (χ1v) is 9.48. The number of imidazole rings is 1. The summed E-state index contributed by atoms with van der Waals surface area (Å²) >= 11 is 0. The number of aromatic nitrogens is 4. The van der Waals surface area contributed by atoms with Gasteiger partial charge in [-0.25, -0.2) is 4.98 Å². The van der Waals surface area contributed by atoms with Gasteiger partial charge in [-0.15, -0.1) is 0 Å². The summed E-state index contributed by atoms with van der Waals surface area (Å²) in [5.74, 6) is 0.0402. The molecule has 1 N–H and O–H groups in total. The minimum Gasteiger partial charge on any atom is -0.350 e. The standard InChI is InChI=1S/C22H21N5O/c1-15-7-10-27-20(11-15)25-19-13-23-21(28)12-18(22(19)27)17-5-3-16(4-6-17)14-26-9-2-8-24-26/h2-11,18H,12-14H2,1H3,(H,23,28)/t18-/m1/s1. The van der Waals surface area contributed by atoms with Crippen molar-refractivity contribution in [2.24, 2.45) is 0 Å². The summed E-state index contributed by atoms with van der Waals surface area (Å²) in [6.45, 7) is 3.28. The number of rotatable bonds is 3. The molecular formula is C22H21N5O. The molecule has 0 bridgehead atoms. The molecule has 140 valence electrons. The monoisotopic (exact) mass is 371 g/mol. The summed E-state index contributed by atoms with van der Waals surface area (Å²) in [4.78, 5) is 17.1. The average molecular weight is 371 g/mol. The Balaban J connectivity index is 1.55. The zero-order chi connectivity index (χ0) is 19.1. The van der Waals surface area contributed by atoms with Gasteiger partial charge in [-0.2, -0.15) is 5.10 Å². The molecule has 0 fully saturated rings. The van der Waals surface area contributed by atoms with E-state index in [4.69, 9.17) is 4.98 Å².